The Morgan fingerprint density at radius 2 is 1.27 bits per heavy atom. The van der Waals surface area contributed by atoms with Crippen LogP contribution >= 0.6 is 0 Å². The highest BCUT2D eigenvalue weighted by molar-refractivity contribution is 5.87. The third kappa shape index (κ3) is 9.59. The number of nitrogens with zero attached hydrogens (tertiary/aromatic N) is 5. The van der Waals surface area contributed by atoms with Crippen LogP contribution in [-0.4, -0.2) is 99.2 Å². The Balaban J connectivity index is 1.07. The zero-order valence-electron chi connectivity index (χ0n) is 38.4. The summed E-state index contributed by atoms with van der Waals surface area (Å²) in [4.78, 5) is 73.9. The molecule has 1 unspecified atom stereocenters. The summed E-state index contributed by atoms with van der Waals surface area (Å²) in [5.41, 5.74) is 3.45. The minimum atomic E-state index is -4.87. The molecular weight excluding hydrogens is 875 g/mol. The zero-order chi connectivity index (χ0) is 47.9. The molecule has 0 saturated carbocycles. The molecule has 4 N–H and O–H groups in total. The molecule has 3 aliphatic heterocycles. The lowest BCUT2D eigenvalue weighted by molar-refractivity contribution is -0.140. The summed E-state index contributed by atoms with van der Waals surface area (Å²) in [6.07, 6.45) is -1.62. The minimum absolute atomic E-state index is 0.149. The molecule has 4 amide bonds. The van der Waals surface area contributed by atoms with Crippen LogP contribution in [0.15, 0.2) is 54.6 Å². The van der Waals surface area contributed by atoms with Crippen molar-refractivity contribution in [2.24, 2.45) is 11.8 Å². The second-order valence-electron chi connectivity index (χ2n) is 18.5. The molecule has 358 valence electrons. The van der Waals surface area contributed by atoms with Gasteiger partial charge in [-0.25, -0.2) is 23.9 Å². The first-order valence-corrected chi connectivity index (χ1v) is 22.9. The van der Waals surface area contributed by atoms with Gasteiger partial charge in [0.15, 0.2) is 0 Å². The van der Waals surface area contributed by atoms with E-state index in [1.807, 2.05) is 69.0 Å². The molecule has 5 heterocycles. The number of fused-ring (bicyclic) bond motifs is 2. The number of anilines is 1. The van der Waals surface area contributed by atoms with Crippen molar-refractivity contribution in [3.8, 4) is 0 Å². The number of methoxy groups -OCH3 is 2. The van der Waals surface area contributed by atoms with Crippen molar-refractivity contribution in [3.05, 3.63) is 88.8 Å². The number of imidazole rings is 2. The van der Waals surface area contributed by atoms with E-state index >= 15 is 4.39 Å². The van der Waals surface area contributed by atoms with Crippen molar-refractivity contribution >= 4 is 51.8 Å². The first kappa shape index (κ1) is 47.1. The van der Waals surface area contributed by atoms with Crippen molar-refractivity contribution in [1.29, 1.82) is 0 Å². The van der Waals surface area contributed by atoms with E-state index < -0.39 is 41.8 Å². The first-order valence-electron chi connectivity index (χ1n) is 22.9. The van der Waals surface area contributed by atoms with Crippen LogP contribution in [0.25, 0.3) is 22.1 Å². The highest BCUT2D eigenvalue weighted by Gasteiger charge is 2.41. The van der Waals surface area contributed by atoms with Crippen molar-refractivity contribution in [2.45, 2.75) is 115 Å². The second-order valence-corrected chi connectivity index (χ2v) is 18.5. The van der Waals surface area contributed by atoms with E-state index in [0.29, 0.717) is 72.7 Å². The van der Waals surface area contributed by atoms with Gasteiger partial charge in [-0.15, -0.1) is 0 Å². The number of amides is 4. The van der Waals surface area contributed by atoms with E-state index in [2.05, 4.69) is 20.6 Å². The molecule has 5 aromatic rings. The monoisotopic (exact) mass is 931 g/mol. The van der Waals surface area contributed by atoms with E-state index in [-0.39, 0.29) is 47.8 Å². The fourth-order valence-corrected chi connectivity index (χ4v) is 10.1. The van der Waals surface area contributed by atoms with Crippen LogP contribution in [0.1, 0.15) is 113 Å². The molecule has 67 heavy (non-hydrogen) atoms. The van der Waals surface area contributed by atoms with Crippen molar-refractivity contribution in [2.75, 3.05) is 32.2 Å². The number of hydrogen-bond acceptors (Lipinski definition) is 9. The van der Waals surface area contributed by atoms with Crippen molar-refractivity contribution < 1.29 is 46.2 Å². The Labute approximate surface area is 385 Å². The Kier molecular flexibility index (Phi) is 13.4. The van der Waals surface area contributed by atoms with E-state index in [1.54, 1.807) is 9.80 Å². The Morgan fingerprint density at radius 3 is 1.84 bits per heavy atom. The quantitative estimate of drug-likeness (QED) is 0.0892. The van der Waals surface area contributed by atoms with Gasteiger partial charge in [0, 0.05) is 31.2 Å². The SMILES string of the molecule is COC(=O)N[C@H](C(=O)N1CCCC1Cc1nc2ccc([C@H]3CC[C@H](c4ccc5nc([C@@H]6CCCN6C(=O)[C@@H](NC(=O)OC)C(C)C)[nH]c5c4)N3c3ccc(C(F)(F)F)c(F)c3)cc2[nH]1)C(C)C. The summed E-state index contributed by atoms with van der Waals surface area (Å²) in [6.45, 7) is 8.47. The van der Waals surface area contributed by atoms with Gasteiger partial charge in [-0.05, 0) is 104 Å². The van der Waals surface area contributed by atoms with E-state index in [9.17, 15) is 32.3 Å². The lowest BCUT2D eigenvalue weighted by Crippen LogP contribution is -2.52. The van der Waals surface area contributed by atoms with Crippen LogP contribution < -0.4 is 15.5 Å². The Bertz CT molecular complexity index is 2650. The molecular formula is C48H57F4N9O6. The number of nitrogens with one attached hydrogen (secondary N) is 4. The maximum atomic E-state index is 15.4. The maximum absolute atomic E-state index is 15.4. The molecule has 19 heteroatoms. The zero-order valence-corrected chi connectivity index (χ0v) is 38.4. The third-order valence-electron chi connectivity index (χ3n) is 13.5. The molecule has 0 spiro atoms. The number of likely N-dealkylation sites (tertiary alicyclic amines) is 2. The maximum Gasteiger partial charge on any atom is 0.419 e. The van der Waals surface area contributed by atoms with Crippen LogP contribution in [0.4, 0.5) is 32.8 Å². The van der Waals surface area contributed by atoms with Gasteiger partial charge in [-0.3, -0.25) is 9.59 Å². The van der Waals surface area contributed by atoms with Gasteiger partial charge in [0.05, 0.1) is 60.0 Å². The summed E-state index contributed by atoms with van der Waals surface area (Å²) in [5.74, 6) is -0.864. The van der Waals surface area contributed by atoms with Gasteiger partial charge in [-0.1, -0.05) is 39.8 Å². The summed E-state index contributed by atoms with van der Waals surface area (Å²) < 4.78 is 66.4. The summed E-state index contributed by atoms with van der Waals surface area (Å²) in [6, 6.07) is 11.8. The molecule has 0 bridgehead atoms. The van der Waals surface area contributed by atoms with Gasteiger partial charge in [0.1, 0.15) is 29.5 Å². The number of benzene rings is 3. The molecule has 15 nitrogen and oxygen atoms in total. The smallest absolute Gasteiger partial charge is 0.419 e. The number of ether oxygens (including phenoxy) is 2. The number of alkyl carbamates (subject to hydrolysis) is 2. The third-order valence-corrected chi connectivity index (χ3v) is 13.5. The van der Waals surface area contributed by atoms with Gasteiger partial charge in [-0.2, -0.15) is 13.2 Å². The molecule has 2 aromatic heterocycles. The van der Waals surface area contributed by atoms with E-state index in [1.165, 1.54) is 20.3 Å². The van der Waals surface area contributed by atoms with Gasteiger partial charge >= 0.3 is 18.4 Å². The molecule has 0 aliphatic carbocycles. The summed E-state index contributed by atoms with van der Waals surface area (Å²) >= 11 is 0. The molecule has 0 radical (unpaired) electrons. The molecule has 3 aliphatic rings. The number of H-pyrrole nitrogens is 2. The number of aromatic amines is 2. The Morgan fingerprint density at radius 1 is 0.716 bits per heavy atom. The first-order chi connectivity index (χ1) is 31.9. The standard InChI is InChI=1S/C48H57F4N9O6/c1-25(2)41(57-46(64)66-5)44(62)59-19-7-9-29(59)24-40-53-33-15-11-27(21-35(33)54-40)37-17-18-38(61(37)30-13-14-31(32(49)23-30)48(50,51)52)28-12-16-34-36(22-28)56-43(55-34)39-10-8-20-60(39)45(63)42(26(3)4)58-47(65)67-6/h11-16,21-23,25-26,29,37-39,41-42H,7-10,17-20,24H2,1-6H3,(H,53,54)(H,55,56)(H,57,64)(H,58,65)/t29?,37-,38-,39+,41+,42+/m1/s1. The lowest BCUT2D eigenvalue weighted by Gasteiger charge is -2.33. The average molecular weight is 932 g/mol. The van der Waals surface area contributed by atoms with Crippen LogP contribution in [0.5, 0.6) is 0 Å². The van der Waals surface area contributed by atoms with Gasteiger partial charge in [0.25, 0.3) is 0 Å². The topological polar surface area (TPSA) is 178 Å². The van der Waals surface area contributed by atoms with Gasteiger partial charge in [0.2, 0.25) is 11.8 Å². The highest BCUT2D eigenvalue weighted by Crippen LogP contribution is 2.48. The van der Waals surface area contributed by atoms with E-state index in [4.69, 9.17) is 19.4 Å². The highest BCUT2D eigenvalue weighted by atomic mass is 19.4. The number of carbonyl (C=O) groups excluding carboxylic acids is 4. The predicted molar refractivity (Wildman–Crippen MR) is 241 cm³/mol. The molecule has 3 aromatic carbocycles. The summed E-state index contributed by atoms with van der Waals surface area (Å²) in [5, 5.41) is 5.35. The molecule has 3 fully saturated rings. The second kappa shape index (κ2) is 19.1. The number of hydrogen-bond donors (Lipinski definition) is 4. The van der Waals surface area contributed by atoms with Crippen LogP contribution in [0, 0.1) is 17.7 Å². The fraction of sp³-hybridized carbons (Fsp3) is 0.500. The number of rotatable bonds is 12. The fourth-order valence-electron chi connectivity index (χ4n) is 10.1. The Hall–Kier alpha value is -6.40. The normalized spacial score (nSPS) is 20.9. The number of carbonyl (C=O) groups is 4. The van der Waals surface area contributed by atoms with Crippen molar-refractivity contribution in [3.63, 3.8) is 0 Å². The lowest BCUT2D eigenvalue weighted by atomic mass is 10.0. The van der Waals surface area contributed by atoms with Crippen molar-refractivity contribution in [1.82, 2.24) is 40.4 Å². The average Bonchev–Trinajstić information content (AvgIpc) is 4.15. The van der Waals surface area contributed by atoms with Crippen LogP contribution in [-0.2, 0) is 31.7 Å². The van der Waals surface area contributed by atoms with E-state index in [0.717, 1.165) is 48.0 Å². The summed E-state index contributed by atoms with van der Waals surface area (Å²) in [7, 11) is 2.50. The largest absolute Gasteiger partial charge is 0.453 e. The predicted octanol–water partition coefficient (Wildman–Crippen LogP) is 8.64. The minimum Gasteiger partial charge on any atom is -0.453 e. The van der Waals surface area contributed by atoms with Crippen LogP contribution in [0.3, 0.4) is 0 Å². The van der Waals surface area contributed by atoms with Gasteiger partial charge < -0.3 is 44.8 Å². The number of halogens is 4. The molecule has 3 saturated heterocycles. The van der Waals surface area contributed by atoms with Crippen LogP contribution in [0.2, 0.25) is 0 Å². The molecule has 6 atom stereocenters. The number of aromatic nitrogens is 4. The number of alkyl halides is 3. The molecule has 8 rings (SSSR count).